The Labute approximate surface area is 80.5 Å². The number of alkyl halides is 1. The molecule has 0 aromatic carbocycles. The molecular formula is C10H19FOP+. The van der Waals surface area contributed by atoms with Crippen LogP contribution in [0.3, 0.4) is 0 Å². The first-order valence-electron chi connectivity index (χ1n) is 5.00. The molecule has 76 valence electrons. The number of hydrogen-bond donors (Lipinski definition) is 1. The van der Waals surface area contributed by atoms with Gasteiger partial charge in [0, 0.05) is 0 Å². The lowest BCUT2D eigenvalue weighted by atomic mass is 10.1. The average molecular weight is 205 g/mol. The quantitative estimate of drug-likeness (QED) is 0.542. The van der Waals surface area contributed by atoms with Crippen molar-refractivity contribution in [2.45, 2.75) is 31.9 Å². The molecule has 13 heavy (non-hydrogen) atoms. The topological polar surface area (TPSA) is 20.2 Å². The molecule has 0 aromatic heterocycles. The van der Waals surface area contributed by atoms with Crippen molar-refractivity contribution >= 4 is 7.49 Å². The monoisotopic (exact) mass is 205 g/mol. The van der Waals surface area contributed by atoms with E-state index in [1.165, 1.54) is 0 Å². The molecule has 0 spiro atoms. The molecule has 0 bridgehead atoms. The van der Waals surface area contributed by atoms with Gasteiger partial charge in [0.25, 0.3) is 0 Å². The van der Waals surface area contributed by atoms with Gasteiger partial charge in [-0.1, -0.05) is 12.7 Å². The number of hydrogen-bond acceptors (Lipinski definition) is 1. The molecule has 0 saturated carbocycles. The van der Waals surface area contributed by atoms with Gasteiger partial charge in [-0.05, 0) is 25.7 Å². The van der Waals surface area contributed by atoms with Gasteiger partial charge in [0.2, 0.25) is 0 Å². The Balaban J connectivity index is 2.43. The van der Waals surface area contributed by atoms with Crippen LogP contribution in [0.25, 0.3) is 0 Å². The molecule has 1 fully saturated rings. The van der Waals surface area contributed by atoms with Crippen LogP contribution >= 0.6 is 7.49 Å². The molecule has 0 aliphatic carbocycles. The molecule has 1 N–H and O–H groups in total. The molecule has 1 heterocycles. The van der Waals surface area contributed by atoms with Crippen LogP contribution in [0.2, 0.25) is 0 Å². The third-order valence-corrected chi connectivity index (χ3v) is 5.89. The van der Waals surface area contributed by atoms with Crippen molar-refractivity contribution in [2.24, 2.45) is 0 Å². The van der Waals surface area contributed by atoms with Crippen molar-refractivity contribution in [1.82, 2.24) is 0 Å². The maximum atomic E-state index is 13.0. The maximum absolute atomic E-state index is 13.0. The molecule has 0 unspecified atom stereocenters. The second kappa shape index (κ2) is 5.07. The minimum atomic E-state index is -1.75. The lowest BCUT2D eigenvalue weighted by Crippen LogP contribution is -2.13. The zero-order chi connectivity index (χ0) is 9.73. The van der Waals surface area contributed by atoms with E-state index in [1.54, 1.807) is 0 Å². The summed E-state index contributed by atoms with van der Waals surface area (Å²) in [7, 11) is -1.75. The number of halogens is 1. The highest BCUT2D eigenvalue weighted by Gasteiger charge is 2.34. The van der Waals surface area contributed by atoms with Crippen molar-refractivity contribution in [2.75, 3.05) is 18.5 Å². The molecule has 0 amide bonds. The number of rotatable bonds is 2. The van der Waals surface area contributed by atoms with E-state index in [2.05, 4.69) is 6.58 Å². The Bertz CT molecular complexity index is 162. The standard InChI is InChI=1S/C10H19FOP/c1-2-7-13(12)8-3-5-10(11)6-4-9-13/h2,10,12H,1,3-9H2/q+1. The Morgan fingerprint density at radius 1 is 1.38 bits per heavy atom. The van der Waals surface area contributed by atoms with E-state index in [-0.39, 0.29) is 0 Å². The summed E-state index contributed by atoms with van der Waals surface area (Å²) >= 11 is 0. The fraction of sp³-hybridized carbons (Fsp3) is 0.800. The molecule has 1 aliphatic heterocycles. The summed E-state index contributed by atoms with van der Waals surface area (Å²) in [5.41, 5.74) is 0. The lowest BCUT2D eigenvalue weighted by molar-refractivity contribution is 0.289. The van der Waals surface area contributed by atoms with E-state index in [9.17, 15) is 9.28 Å². The zero-order valence-electron chi connectivity index (χ0n) is 8.08. The fourth-order valence-electron chi connectivity index (χ4n) is 1.89. The van der Waals surface area contributed by atoms with Crippen LogP contribution in [0.1, 0.15) is 25.7 Å². The first kappa shape index (κ1) is 11.1. The van der Waals surface area contributed by atoms with E-state index in [0.29, 0.717) is 12.8 Å². The first-order valence-corrected chi connectivity index (χ1v) is 7.30. The van der Waals surface area contributed by atoms with Gasteiger partial charge in [-0.15, -0.1) is 0 Å². The average Bonchev–Trinajstić information content (AvgIpc) is 2.02. The molecule has 0 atom stereocenters. The summed E-state index contributed by atoms with van der Waals surface area (Å²) in [5, 5.41) is 0. The fourth-order valence-corrected chi connectivity index (χ4v) is 4.51. The molecule has 1 nitrogen and oxygen atoms in total. The van der Waals surface area contributed by atoms with Crippen LogP contribution in [-0.4, -0.2) is 29.6 Å². The summed E-state index contributed by atoms with van der Waals surface area (Å²) in [6.07, 6.45) is 6.57. The summed E-state index contributed by atoms with van der Waals surface area (Å²) in [5.74, 6) is 0. The lowest BCUT2D eigenvalue weighted by Gasteiger charge is -2.22. The maximum Gasteiger partial charge on any atom is 0.145 e. The van der Waals surface area contributed by atoms with Gasteiger partial charge >= 0.3 is 0 Å². The van der Waals surface area contributed by atoms with E-state index in [4.69, 9.17) is 0 Å². The van der Waals surface area contributed by atoms with E-state index in [1.807, 2.05) is 6.08 Å². The van der Waals surface area contributed by atoms with Crippen molar-refractivity contribution in [3.8, 4) is 0 Å². The summed E-state index contributed by atoms with van der Waals surface area (Å²) in [6.45, 7) is 3.66. The van der Waals surface area contributed by atoms with Gasteiger partial charge in [0.15, 0.2) is 0 Å². The smallest absolute Gasteiger partial charge is 0.145 e. The minimum absolute atomic E-state index is 0.627. The Kier molecular flexibility index (Phi) is 4.34. The second-order valence-corrected chi connectivity index (χ2v) is 7.35. The van der Waals surface area contributed by atoms with Gasteiger partial charge in [0.1, 0.15) is 19.8 Å². The van der Waals surface area contributed by atoms with Crippen molar-refractivity contribution < 1.29 is 9.28 Å². The molecule has 1 saturated heterocycles. The first-order chi connectivity index (χ1) is 6.16. The van der Waals surface area contributed by atoms with Crippen molar-refractivity contribution in [1.29, 1.82) is 0 Å². The van der Waals surface area contributed by atoms with Crippen LogP contribution in [0.15, 0.2) is 12.7 Å². The Morgan fingerprint density at radius 3 is 2.38 bits per heavy atom. The highest BCUT2D eigenvalue weighted by atomic mass is 31.2. The third-order valence-electron chi connectivity index (χ3n) is 2.65. The van der Waals surface area contributed by atoms with Gasteiger partial charge < -0.3 is 0 Å². The predicted octanol–water partition coefficient (Wildman–Crippen LogP) is 3.01. The molecule has 0 radical (unpaired) electrons. The second-order valence-electron chi connectivity index (χ2n) is 3.90. The van der Waals surface area contributed by atoms with Gasteiger partial charge in [-0.25, -0.2) is 4.39 Å². The van der Waals surface area contributed by atoms with Crippen LogP contribution in [0, 0.1) is 0 Å². The molecule has 1 aliphatic rings. The highest BCUT2D eigenvalue weighted by molar-refractivity contribution is 7.70. The Hall–Kier alpha value is 0.0600. The summed E-state index contributed by atoms with van der Waals surface area (Å²) in [6, 6.07) is 0. The van der Waals surface area contributed by atoms with E-state index < -0.39 is 13.7 Å². The predicted molar refractivity (Wildman–Crippen MR) is 57.3 cm³/mol. The van der Waals surface area contributed by atoms with E-state index in [0.717, 1.165) is 31.3 Å². The van der Waals surface area contributed by atoms with Crippen LogP contribution in [-0.2, 0) is 0 Å². The summed E-state index contributed by atoms with van der Waals surface area (Å²) < 4.78 is 13.0. The van der Waals surface area contributed by atoms with Crippen LogP contribution in [0.4, 0.5) is 4.39 Å². The summed E-state index contributed by atoms with van der Waals surface area (Å²) in [4.78, 5) is 10.2. The van der Waals surface area contributed by atoms with Crippen LogP contribution in [0.5, 0.6) is 0 Å². The normalized spacial score (nSPS) is 36.3. The van der Waals surface area contributed by atoms with Crippen molar-refractivity contribution in [3.05, 3.63) is 12.7 Å². The molecular weight excluding hydrogens is 186 g/mol. The molecule has 0 aromatic rings. The van der Waals surface area contributed by atoms with Crippen molar-refractivity contribution in [3.63, 3.8) is 0 Å². The molecule has 3 heteroatoms. The SMILES string of the molecule is C=CC[P+]1(O)CCCC(F)CCC1. The Morgan fingerprint density at radius 2 is 1.92 bits per heavy atom. The molecule has 1 rings (SSSR count). The largest absolute Gasteiger partial charge is 0.251 e. The van der Waals surface area contributed by atoms with E-state index >= 15 is 0 Å². The van der Waals surface area contributed by atoms with Crippen LogP contribution < -0.4 is 0 Å². The third kappa shape index (κ3) is 3.74. The zero-order valence-corrected chi connectivity index (χ0v) is 8.98. The number of allylic oxidation sites excluding steroid dienone is 1. The minimum Gasteiger partial charge on any atom is -0.251 e. The van der Waals surface area contributed by atoms with Gasteiger partial charge in [-0.2, -0.15) is 0 Å². The van der Waals surface area contributed by atoms with Gasteiger partial charge in [0.05, 0.1) is 12.3 Å². The highest BCUT2D eigenvalue weighted by Crippen LogP contribution is 2.56. The van der Waals surface area contributed by atoms with Gasteiger partial charge in [-0.3, -0.25) is 4.89 Å².